The number of aryl methyl sites for hydroxylation is 1. The van der Waals surface area contributed by atoms with Gasteiger partial charge >= 0.3 is 0 Å². The van der Waals surface area contributed by atoms with Crippen LogP contribution in [0.5, 0.6) is 23.0 Å². The molecular weight excluding hydrogens is 396 g/mol. The minimum Gasteiger partial charge on any atom is -0.493 e. The van der Waals surface area contributed by atoms with Gasteiger partial charge in [0.25, 0.3) is 0 Å². The molecule has 3 aromatic rings. The lowest BCUT2D eigenvalue weighted by molar-refractivity contribution is -0.116. The summed E-state index contributed by atoms with van der Waals surface area (Å²) in [6, 6.07) is 14.8. The van der Waals surface area contributed by atoms with E-state index in [0.717, 1.165) is 11.1 Å². The highest BCUT2D eigenvalue weighted by Crippen LogP contribution is 2.38. The van der Waals surface area contributed by atoms with Gasteiger partial charge in [0.15, 0.2) is 11.5 Å². The number of hydrogen-bond acceptors (Lipinski definition) is 6. The number of nitrogens with one attached hydrogen (secondary N) is 1. The van der Waals surface area contributed by atoms with Crippen molar-refractivity contribution in [3.05, 3.63) is 72.1 Å². The van der Waals surface area contributed by atoms with Crippen molar-refractivity contribution in [3.63, 3.8) is 0 Å². The van der Waals surface area contributed by atoms with Crippen molar-refractivity contribution in [2.24, 2.45) is 0 Å². The smallest absolute Gasteiger partial charge is 0.224 e. The molecule has 7 nitrogen and oxygen atoms in total. The Kier molecular flexibility index (Phi) is 7.70. The van der Waals surface area contributed by atoms with Crippen LogP contribution in [0.3, 0.4) is 0 Å². The van der Waals surface area contributed by atoms with E-state index in [-0.39, 0.29) is 5.91 Å². The van der Waals surface area contributed by atoms with Gasteiger partial charge in [-0.25, -0.2) is 0 Å². The Bertz CT molecular complexity index is 983. The van der Waals surface area contributed by atoms with E-state index in [1.807, 2.05) is 42.5 Å². The fourth-order valence-electron chi connectivity index (χ4n) is 3.07. The van der Waals surface area contributed by atoms with Crippen LogP contribution in [0.15, 0.2) is 60.9 Å². The van der Waals surface area contributed by atoms with Crippen LogP contribution in [0.2, 0.25) is 0 Å². The van der Waals surface area contributed by atoms with Gasteiger partial charge in [-0.3, -0.25) is 9.78 Å². The fraction of sp³-hybridized carbons (Fsp3) is 0.250. The number of anilines is 1. The van der Waals surface area contributed by atoms with Gasteiger partial charge in [-0.1, -0.05) is 12.1 Å². The Morgan fingerprint density at radius 3 is 2.35 bits per heavy atom. The summed E-state index contributed by atoms with van der Waals surface area (Å²) in [5.41, 5.74) is 2.57. The summed E-state index contributed by atoms with van der Waals surface area (Å²) in [7, 11) is 4.69. The van der Waals surface area contributed by atoms with Gasteiger partial charge in [0.05, 0.1) is 21.3 Å². The number of pyridine rings is 1. The number of methoxy groups -OCH3 is 3. The molecule has 1 N–H and O–H groups in total. The van der Waals surface area contributed by atoms with Crippen LogP contribution >= 0.6 is 0 Å². The zero-order valence-corrected chi connectivity index (χ0v) is 17.9. The molecule has 31 heavy (non-hydrogen) atoms. The molecule has 0 atom stereocenters. The summed E-state index contributed by atoms with van der Waals surface area (Å²) in [6.07, 6.45) is 4.31. The number of ether oxygens (including phenoxy) is 4. The average molecular weight is 422 g/mol. The Balaban J connectivity index is 1.57. The van der Waals surface area contributed by atoms with Crippen molar-refractivity contribution >= 4 is 11.6 Å². The molecule has 0 bridgehead atoms. The molecule has 3 rings (SSSR count). The number of aromatic nitrogens is 1. The van der Waals surface area contributed by atoms with Gasteiger partial charge in [-0.2, -0.15) is 0 Å². The van der Waals surface area contributed by atoms with Crippen molar-refractivity contribution in [2.45, 2.75) is 19.4 Å². The third-order valence-corrected chi connectivity index (χ3v) is 4.61. The Morgan fingerprint density at radius 2 is 1.71 bits per heavy atom. The highest BCUT2D eigenvalue weighted by atomic mass is 16.5. The molecule has 7 heteroatoms. The van der Waals surface area contributed by atoms with Gasteiger partial charge in [-0.05, 0) is 42.3 Å². The SMILES string of the molecule is COc1cc(CCC(=O)Nc2cccc(OCc3cccnc3)c2)cc(OC)c1OC. The van der Waals surface area contributed by atoms with Crippen molar-refractivity contribution in [1.29, 1.82) is 0 Å². The third-order valence-electron chi connectivity index (χ3n) is 4.61. The summed E-state index contributed by atoms with van der Waals surface area (Å²) in [6.45, 7) is 0.409. The molecule has 1 amide bonds. The van der Waals surface area contributed by atoms with Crippen LogP contribution in [-0.4, -0.2) is 32.2 Å². The summed E-state index contributed by atoms with van der Waals surface area (Å²) in [4.78, 5) is 16.5. The molecule has 0 radical (unpaired) electrons. The van der Waals surface area contributed by atoms with Gasteiger partial charge in [0, 0.05) is 36.1 Å². The standard InChI is InChI=1S/C24H26N2O5/c1-28-21-12-17(13-22(29-2)24(21)30-3)9-10-23(27)26-19-7-4-8-20(14-19)31-16-18-6-5-11-25-15-18/h4-8,11-15H,9-10,16H2,1-3H3,(H,26,27). The lowest BCUT2D eigenvalue weighted by Gasteiger charge is -2.14. The van der Waals surface area contributed by atoms with E-state index in [1.165, 1.54) is 0 Å². The predicted molar refractivity (Wildman–Crippen MR) is 118 cm³/mol. The molecule has 0 aliphatic rings. The van der Waals surface area contributed by atoms with Crippen LogP contribution in [0.25, 0.3) is 0 Å². The summed E-state index contributed by atoms with van der Waals surface area (Å²) >= 11 is 0. The first-order valence-corrected chi connectivity index (χ1v) is 9.83. The fourth-order valence-corrected chi connectivity index (χ4v) is 3.07. The van der Waals surface area contributed by atoms with E-state index in [0.29, 0.717) is 48.1 Å². The normalized spacial score (nSPS) is 10.3. The summed E-state index contributed by atoms with van der Waals surface area (Å²) in [5, 5.41) is 2.91. The van der Waals surface area contributed by atoms with Gasteiger partial charge in [0.2, 0.25) is 11.7 Å². The van der Waals surface area contributed by atoms with Gasteiger partial charge < -0.3 is 24.3 Å². The molecule has 2 aromatic carbocycles. The molecule has 1 aromatic heterocycles. The maximum absolute atomic E-state index is 12.5. The van der Waals surface area contributed by atoms with Crippen LogP contribution in [0.4, 0.5) is 5.69 Å². The van der Waals surface area contributed by atoms with E-state index in [2.05, 4.69) is 10.3 Å². The number of carbonyl (C=O) groups excluding carboxylic acids is 1. The minimum atomic E-state index is -0.0989. The zero-order valence-electron chi connectivity index (χ0n) is 17.9. The number of benzene rings is 2. The second-order valence-electron chi connectivity index (χ2n) is 6.76. The van der Waals surface area contributed by atoms with E-state index in [1.54, 1.807) is 39.8 Å². The monoisotopic (exact) mass is 422 g/mol. The van der Waals surface area contributed by atoms with Crippen LogP contribution in [0.1, 0.15) is 17.5 Å². The molecular formula is C24H26N2O5. The quantitative estimate of drug-likeness (QED) is 0.526. The van der Waals surface area contributed by atoms with E-state index >= 15 is 0 Å². The predicted octanol–water partition coefficient (Wildman–Crippen LogP) is 4.26. The van der Waals surface area contributed by atoms with Crippen molar-refractivity contribution < 1.29 is 23.7 Å². The molecule has 0 fully saturated rings. The number of hydrogen-bond donors (Lipinski definition) is 1. The Morgan fingerprint density at radius 1 is 0.935 bits per heavy atom. The first-order valence-electron chi connectivity index (χ1n) is 9.83. The molecule has 0 aliphatic carbocycles. The minimum absolute atomic E-state index is 0.0989. The van der Waals surface area contributed by atoms with E-state index < -0.39 is 0 Å². The van der Waals surface area contributed by atoms with E-state index in [9.17, 15) is 4.79 Å². The molecule has 0 saturated carbocycles. The summed E-state index contributed by atoms with van der Waals surface area (Å²) < 4.78 is 21.9. The number of carbonyl (C=O) groups is 1. The second kappa shape index (κ2) is 10.9. The van der Waals surface area contributed by atoms with Gasteiger partial charge in [0.1, 0.15) is 12.4 Å². The molecule has 1 heterocycles. The zero-order chi connectivity index (χ0) is 22.1. The van der Waals surface area contributed by atoms with Crippen molar-refractivity contribution in [2.75, 3.05) is 26.6 Å². The van der Waals surface area contributed by atoms with Crippen LogP contribution in [0, 0.1) is 0 Å². The molecule has 0 aliphatic heterocycles. The average Bonchev–Trinajstić information content (AvgIpc) is 2.81. The third kappa shape index (κ3) is 6.12. The van der Waals surface area contributed by atoms with Crippen molar-refractivity contribution in [1.82, 2.24) is 4.98 Å². The first kappa shape index (κ1) is 22.0. The number of amides is 1. The second-order valence-corrected chi connectivity index (χ2v) is 6.76. The largest absolute Gasteiger partial charge is 0.493 e. The molecule has 0 unspecified atom stereocenters. The Labute approximate surface area is 181 Å². The lowest BCUT2D eigenvalue weighted by Crippen LogP contribution is -2.12. The maximum atomic E-state index is 12.5. The summed E-state index contributed by atoms with van der Waals surface area (Å²) in [5.74, 6) is 2.23. The lowest BCUT2D eigenvalue weighted by atomic mass is 10.1. The Hall–Kier alpha value is -3.74. The first-order chi connectivity index (χ1) is 15.1. The molecule has 0 spiro atoms. The highest BCUT2D eigenvalue weighted by molar-refractivity contribution is 5.91. The van der Waals surface area contributed by atoms with Gasteiger partial charge in [-0.15, -0.1) is 0 Å². The highest BCUT2D eigenvalue weighted by Gasteiger charge is 2.14. The number of rotatable bonds is 10. The van der Waals surface area contributed by atoms with Crippen LogP contribution < -0.4 is 24.3 Å². The topological polar surface area (TPSA) is 78.9 Å². The van der Waals surface area contributed by atoms with Crippen LogP contribution in [-0.2, 0) is 17.8 Å². The van der Waals surface area contributed by atoms with E-state index in [4.69, 9.17) is 18.9 Å². The van der Waals surface area contributed by atoms with Crippen molar-refractivity contribution in [3.8, 4) is 23.0 Å². The molecule has 162 valence electrons. The molecule has 0 saturated heterocycles. The maximum Gasteiger partial charge on any atom is 0.224 e. The number of nitrogens with zero attached hydrogens (tertiary/aromatic N) is 1.